The maximum atomic E-state index is 15.5. The van der Waals surface area contributed by atoms with Crippen molar-refractivity contribution in [2.45, 2.75) is 64.6 Å². The Hall–Kier alpha value is -2.34. The monoisotopic (exact) mass is 533 g/mol. The smallest absolute Gasteiger partial charge is 0.419 e. The van der Waals surface area contributed by atoms with Crippen LogP contribution < -0.4 is 9.46 Å². The second kappa shape index (κ2) is 11.0. The number of esters is 1. The van der Waals surface area contributed by atoms with Crippen molar-refractivity contribution in [3.05, 3.63) is 52.3 Å². The predicted octanol–water partition coefficient (Wildman–Crippen LogP) is 5.29. The van der Waals surface area contributed by atoms with Gasteiger partial charge >= 0.3 is 12.1 Å². The Morgan fingerprint density at radius 2 is 1.72 bits per heavy atom. The fourth-order valence-electron chi connectivity index (χ4n) is 3.68. The van der Waals surface area contributed by atoms with Crippen LogP contribution in [0.5, 0.6) is 5.75 Å². The van der Waals surface area contributed by atoms with Gasteiger partial charge in [-0.3, -0.25) is 4.79 Å². The number of aliphatic hydroxyl groups is 1. The molecule has 0 bridgehead atoms. The van der Waals surface area contributed by atoms with Crippen LogP contribution in [0.3, 0.4) is 0 Å². The SMILES string of the molecule is CCOC(=O)C[C@](O)(N[S@+]([O-])C(C)(C)C)c1cc(-c2c(C)ccc(OC)c2C)cc(C(F)(F)F)c1F. The van der Waals surface area contributed by atoms with Crippen molar-refractivity contribution < 1.29 is 41.5 Å². The van der Waals surface area contributed by atoms with Crippen molar-refractivity contribution in [3.8, 4) is 16.9 Å². The molecule has 2 rings (SSSR count). The number of aryl methyl sites for hydroxylation is 1. The summed E-state index contributed by atoms with van der Waals surface area (Å²) in [6.45, 7) is 9.32. The van der Waals surface area contributed by atoms with Gasteiger partial charge in [-0.05, 0) is 82.0 Å². The Kier molecular flexibility index (Phi) is 9.10. The van der Waals surface area contributed by atoms with E-state index >= 15 is 4.39 Å². The maximum Gasteiger partial charge on any atom is 0.419 e. The minimum atomic E-state index is -5.14. The largest absolute Gasteiger partial charge is 0.598 e. The van der Waals surface area contributed by atoms with Crippen LogP contribution in [0.1, 0.15) is 56.4 Å². The molecule has 0 aromatic heterocycles. The Morgan fingerprint density at radius 3 is 2.22 bits per heavy atom. The number of benzene rings is 2. The number of halogens is 4. The van der Waals surface area contributed by atoms with Crippen molar-refractivity contribution >= 4 is 17.3 Å². The number of methoxy groups -OCH3 is 1. The Labute approximate surface area is 211 Å². The molecule has 0 saturated heterocycles. The Morgan fingerprint density at radius 1 is 1.14 bits per heavy atom. The molecule has 11 heteroatoms. The number of alkyl halides is 3. The molecule has 2 N–H and O–H groups in total. The maximum absolute atomic E-state index is 15.5. The lowest BCUT2D eigenvalue weighted by Crippen LogP contribution is -2.53. The van der Waals surface area contributed by atoms with E-state index in [4.69, 9.17) is 9.47 Å². The van der Waals surface area contributed by atoms with Gasteiger partial charge in [0.2, 0.25) is 0 Å². The zero-order chi connectivity index (χ0) is 27.6. The van der Waals surface area contributed by atoms with Crippen molar-refractivity contribution in [2.24, 2.45) is 0 Å². The summed E-state index contributed by atoms with van der Waals surface area (Å²) < 4.78 is 81.7. The van der Waals surface area contributed by atoms with E-state index in [9.17, 15) is 27.6 Å². The Balaban J connectivity index is 2.92. The van der Waals surface area contributed by atoms with Gasteiger partial charge in [-0.2, -0.15) is 13.2 Å². The van der Waals surface area contributed by atoms with E-state index in [0.29, 0.717) is 28.5 Å². The molecule has 2 atom stereocenters. The lowest BCUT2D eigenvalue weighted by Gasteiger charge is -2.34. The van der Waals surface area contributed by atoms with Gasteiger partial charge in [-0.15, -0.1) is 4.72 Å². The molecule has 6 nitrogen and oxygen atoms in total. The molecule has 0 heterocycles. The molecular weight excluding hydrogens is 502 g/mol. The topological polar surface area (TPSA) is 90.9 Å². The van der Waals surface area contributed by atoms with Gasteiger partial charge in [0.25, 0.3) is 0 Å². The van der Waals surface area contributed by atoms with Crippen LogP contribution in [0.25, 0.3) is 11.1 Å². The first-order valence-corrected chi connectivity index (χ1v) is 12.2. The number of hydrogen-bond acceptors (Lipinski definition) is 6. The van der Waals surface area contributed by atoms with Crippen LogP contribution in [0.2, 0.25) is 0 Å². The van der Waals surface area contributed by atoms with Gasteiger partial charge in [0.05, 0.1) is 25.7 Å². The summed E-state index contributed by atoms with van der Waals surface area (Å²) in [4.78, 5) is 12.3. The van der Waals surface area contributed by atoms with Gasteiger partial charge in [0.15, 0.2) is 5.72 Å². The minimum Gasteiger partial charge on any atom is -0.598 e. The highest BCUT2D eigenvalue weighted by Gasteiger charge is 2.46. The van der Waals surface area contributed by atoms with E-state index in [1.165, 1.54) is 34.8 Å². The molecule has 0 radical (unpaired) electrons. The van der Waals surface area contributed by atoms with E-state index in [1.807, 2.05) is 0 Å². The second-order valence-corrected chi connectivity index (χ2v) is 11.3. The molecule has 2 aromatic carbocycles. The minimum absolute atomic E-state index is 0.0711. The summed E-state index contributed by atoms with van der Waals surface area (Å²) in [6.07, 6.45) is -6.13. The summed E-state index contributed by atoms with van der Waals surface area (Å²) in [6, 6.07) is 4.94. The van der Waals surface area contributed by atoms with E-state index in [1.54, 1.807) is 26.0 Å². The molecule has 2 aromatic rings. The molecule has 0 aliphatic heterocycles. The third-order valence-corrected chi connectivity index (χ3v) is 7.11. The summed E-state index contributed by atoms with van der Waals surface area (Å²) in [5.41, 5.74) is -4.01. The van der Waals surface area contributed by atoms with Crippen molar-refractivity contribution in [1.29, 1.82) is 0 Å². The predicted molar refractivity (Wildman–Crippen MR) is 129 cm³/mol. The van der Waals surface area contributed by atoms with E-state index in [-0.39, 0.29) is 12.2 Å². The van der Waals surface area contributed by atoms with Gasteiger partial charge in [-0.25, -0.2) is 4.39 Å². The zero-order valence-corrected chi connectivity index (χ0v) is 22.0. The van der Waals surface area contributed by atoms with Gasteiger partial charge in [0, 0.05) is 16.9 Å². The number of carbonyl (C=O) groups excluding carboxylic acids is 1. The third-order valence-electron chi connectivity index (χ3n) is 5.48. The summed E-state index contributed by atoms with van der Waals surface area (Å²) >= 11 is -2.10. The van der Waals surface area contributed by atoms with E-state index in [0.717, 1.165) is 6.07 Å². The van der Waals surface area contributed by atoms with Crippen LogP contribution in [-0.4, -0.2) is 34.1 Å². The quantitative estimate of drug-likeness (QED) is 0.208. The number of ether oxygens (including phenoxy) is 2. The molecule has 0 aliphatic rings. The molecule has 0 aliphatic carbocycles. The van der Waals surface area contributed by atoms with E-state index < -0.39 is 57.3 Å². The summed E-state index contributed by atoms with van der Waals surface area (Å²) in [5.74, 6) is -2.43. The average Bonchev–Trinajstić information content (AvgIpc) is 2.73. The molecule has 0 fully saturated rings. The normalized spacial score (nSPS) is 14.8. The van der Waals surface area contributed by atoms with Crippen LogP contribution in [0.15, 0.2) is 24.3 Å². The number of hydrogen-bond donors (Lipinski definition) is 2. The molecule has 200 valence electrons. The fraction of sp³-hybridized carbons (Fsp3) is 0.480. The van der Waals surface area contributed by atoms with Gasteiger partial charge in [-0.1, -0.05) is 6.07 Å². The summed E-state index contributed by atoms with van der Waals surface area (Å²) in [7, 11) is 1.41. The highest BCUT2D eigenvalue weighted by atomic mass is 32.2. The zero-order valence-electron chi connectivity index (χ0n) is 21.2. The molecular formula is C25H31F4NO5S. The van der Waals surface area contributed by atoms with Crippen molar-refractivity contribution in [2.75, 3.05) is 13.7 Å². The fourth-order valence-corrected chi connectivity index (χ4v) is 4.48. The highest BCUT2D eigenvalue weighted by Crippen LogP contribution is 2.42. The number of rotatable bonds is 8. The molecule has 0 saturated carbocycles. The highest BCUT2D eigenvalue weighted by molar-refractivity contribution is 7.90. The number of carbonyl (C=O) groups is 1. The van der Waals surface area contributed by atoms with E-state index in [2.05, 4.69) is 4.72 Å². The van der Waals surface area contributed by atoms with Crippen molar-refractivity contribution in [1.82, 2.24) is 4.72 Å². The van der Waals surface area contributed by atoms with Crippen molar-refractivity contribution in [3.63, 3.8) is 0 Å². The van der Waals surface area contributed by atoms with Crippen LogP contribution in [-0.2, 0) is 32.8 Å². The summed E-state index contributed by atoms with van der Waals surface area (Å²) in [5, 5.41) is 11.5. The van der Waals surface area contributed by atoms with Crippen LogP contribution in [0.4, 0.5) is 17.6 Å². The van der Waals surface area contributed by atoms with Gasteiger partial charge in [0.1, 0.15) is 16.3 Å². The lowest BCUT2D eigenvalue weighted by atomic mass is 9.88. The molecule has 0 amide bonds. The average molecular weight is 534 g/mol. The van der Waals surface area contributed by atoms with Crippen LogP contribution in [0, 0.1) is 19.7 Å². The third kappa shape index (κ3) is 6.50. The molecule has 0 spiro atoms. The Bertz CT molecular complexity index is 1120. The standard InChI is InChI=1S/C25H31F4NO5S/c1-8-35-20(31)13-24(32,30-36(33)23(4,5)6)17-11-16(12-18(22(17)26)25(27,28)29)21-14(2)9-10-19(34-7)15(21)3/h9-12,30,32H,8,13H2,1-7H3/t24-,36-/m1/s1. The first-order valence-electron chi connectivity index (χ1n) is 11.1. The first kappa shape index (κ1) is 29.9. The molecule has 0 unspecified atom stereocenters. The van der Waals surface area contributed by atoms with Gasteiger partial charge < -0.3 is 19.1 Å². The first-order chi connectivity index (χ1) is 16.5. The van der Waals surface area contributed by atoms with Crippen LogP contribution >= 0.6 is 0 Å². The molecule has 36 heavy (non-hydrogen) atoms. The number of nitrogens with one attached hydrogen (secondary N) is 1. The lowest BCUT2D eigenvalue weighted by molar-refractivity contribution is -0.149. The second-order valence-electron chi connectivity index (χ2n) is 9.29.